The summed E-state index contributed by atoms with van der Waals surface area (Å²) in [6, 6.07) is 10.1. The van der Waals surface area contributed by atoms with Crippen LogP contribution in [0.5, 0.6) is 0 Å². The molecule has 2 rings (SSSR count). The SMILES string of the molecule is Cc1cc(C)cc(C(=O)N(NC(=O)c2cccc(C)c2F)C(C)(C)C)c1. The van der Waals surface area contributed by atoms with Crippen molar-refractivity contribution in [3.05, 3.63) is 70.0 Å². The summed E-state index contributed by atoms with van der Waals surface area (Å²) in [5.74, 6) is -1.58. The maximum atomic E-state index is 14.3. The van der Waals surface area contributed by atoms with Crippen LogP contribution in [0.2, 0.25) is 0 Å². The van der Waals surface area contributed by atoms with E-state index < -0.39 is 17.3 Å². The summed E-state index contributed by atoms with van der Waals surface area (Å²) in [5, 5.41) is 1.26. The van der Waals surface area contributed by atoms with Gasteiger partial charge in [0.1, 0.15) is 5.82 Å². The minimum atomic E-state index is -0.690. The summed E-state index contributed by atoms with van der Waals surface area (Å²) in [6.45, 7) is 10.8. The van der Waals surface area contributed by atoms with E-state index in [0.29, 0.717) is 11.1 Å². The zero-order chi connectivity index (χ0) is 19.6. The summed E-state index contributed by atoms with van der Waals surface area (Å²) >= 11 is 0. The zero-order valence-electron chi connectivity index (χ0n) is 16.1. The highest BCUT2D eigenvalue weighted by Gasteiger charge is 2.30. The smallest absolute Gasteiger partial charge is 0.267 e. The van der Waals surface area contributed by atoms with Crippen LogP contribution in [-0.2, 0) is 0 Å². The molecule has 0 spiro atoms. The maximum absolute atomic E-state index is 14.3. The van der Waals surface area contributed by atoms with Crippen LogP contribution in [-0.4, -0.2) is 22.4 Å². The third kappa shape index (κ3) is 4.28. The number of nitrogens with one attached hydrogen (secondary N) is 1. The van der Waals surface area contributed by atoms with Crippen LogP contribution in [0.4, 0.5) is 4.39 Å². The van der Waals surface area contributed by atoms with Crippen LogP contribution >= 0.6 is 0 Å². The van der Waals surface area contributed by atoms with E-state index >= 15 is 0 Å². The van der Waals surface area contributed by atoms with Gasteiger partial charge in [-0.3, -0.25) is 15.0 Å². The third-order valence-corrected chi connectivity index (χ3v) is 3.99. The van der Waals surface area contributed by atoms with Crippen LogP contribution in [0.15, 0.2) is 36.4 Å². The van der Waals surface area contributed by atoms with Gasteiger partial charge in [-0.2, -0.15) is 0 Å². The topological polar surface area (TPSA) is 49.4 Å². The molecular weight excluding hydrogens is 331 g/mol. The Labute approximate surface area is 154 Å². The lowest BCUT2D eigenvalue weighted by atomic mass is 10.0. The zero-order valence-corrected chi connectivity index (χ0v) is 16.1. The van der Waals surface area contributed by atoms with E-state index in [0.717, 1.165) is 11.1 Å². The number of carbonyl (C=O) groups excluding carboxylic acids is 2. The van der Waals surface area contributed by atoms with Crippen molar-refractivity contribution in [2.24, 2.45) is 0 Å². The molecule has 1 N–H and O–H groups in total. The summed E-state index contributed by atoms with van der Waals surface area (Å²) in [7, 11) is 0. The van der Waals surface area contributed by atoms with Gasteiger partial charge < -0.3 is 0 Å². The lowest BCUT2D eigenvalue weighted by Gasteiger charge is -2.35. The Kier molecular flexibility index (Phi) is 5.50. The van der Waals surface area contributed by atoms with E-state index in [9.17, 15) is 14.0 Å². The second-order valence-electron chi connectivity index (χ2n) is 7.57. The van der Waals surface area contributed by atoms with Gasteiger partial charge >= 0.3 is 0 Å². The third-order valence-electron chi connectivity index (χ3n) is 3.99. The molecule has 0 saturated heterocycles. The Balaban J connectivity index is 2.38. The number of rotatable bonds is 2. The first kappa shape index (κ1) is 19.6. The second kappa shape index (κ2) is 7.28. The molecule has 0 aliphatic rings. The maximum Gasteiger partial charge on any atom is 0.272 e. The highest BCUT2D eigenvalue weighted by molar-refractivity contribution is 5.99. The summed E-state index contributed by atoms with van der Waals surface area (Å²) < 4.78 is 14.3. The molecule has 26 heavy (non-hydrogen) atoms. The normalized spacial score (nSPS) is 11.2. The van der Waals surface area contributed by atoms with Gasteiger partial charge in [0.15, 0.2) is 0 Å². The van der Waals surface area contributed by atoms with E-state index in [1.807, 2.05) is 19.9 Å². The molecule has 0 aromatic heterocycles. The lowest BCUT2D eigenvalue weighted by Crippen LogP contribution is -2.56. The van der Waals surface area contributed by atoms with Gasteiger partial charge in [0.25, 0.3) is 11.8 Å². The molecule has 0 radical (unpaired) electrons. The van der Waals surface area contributed by atoms with Gasteiger partial charge in [-0.15, -0.1) is 0 Å². The van der Waals surface area contributed by atoms with E-state index in [1.54, 1.807) is 52.0 Å². The highest BCUT2D eigenvalue weighted by Crippen LogP contribution is 2.19. The van der Waals surface area contributed by atoms with Crippen LogP contribution in [0.1, 0.15) is 58.2 Å². The Bertz CT molecular complexity index is 833. The minimum Gasteiger partial charge on any atom is -0.267 e. The molecular formula is C21H25FN2O2. The van der Waals surface area contributed by atoms with E-state index in [-0.39, 0.29) is 11.5 Å². The molecule has 2 amide bonds. The first-order valence-corrected chi connectivity index (χ1v) is 8.49. The van der Waals surface area contributed by atoms with Crippen LogP contribution < -0.4 is 5.43 Å². The Morgan fingerprint density at radius 2 is 1.58 bits per heavy atom. The highest BCUT2D eigenvalue weighted by atomic mass is 19.1. The summed E-state index contributed by atoms with van der Waals surface area (Å²) in [6.07, 6.45) is 0. The van der Waals surface area contributed by atoms with Crippen molar-refractivity contribution in [2.45, 2.75) is 47.1 Å². The predicted octanol–water partition coefficient (Wildman–Crippen LogP) is 4.34. The monoisotopic (exact) mass is 356 g/mol. The average molecular weight is 356 g/mol. The molecule has 0 atom stereocenters. The van der Waals surface area contributed by atoms with Crippen LogP contribution in [0.3, 0.4) is 0 Å². The summed E-state index contributed by atoms with van der Waals surface area (Å²) in [4.78, 5) is 25.6. The molecule has 4 nitrogen and oxygen atoms in total. The van der Waals surface area contributed by atoms with Crippen molar-refractivity contribution in [2.75, 3.05) is 0 Å². The van der Waals surface area contributed by atoms with Crippen LogP contribution in [0.25, 0.3) is 0 Å². The van der Waals surface area contributed by atoms with Crippen molar-refractivity contribution in [1.29, 1.82) is 0 Å². The molecule has 0 aliphatic heterocycles. The molecule has 2 aromatic carbocycles. The van der Waals surface area contributed by atoms with Crippen molar-refractivity contribution in [3.8, 4) is 0 Å². The number of aryl methyl sites for hydroxylation is 3. The second-order valence-corrected chi connectivity index (χ2v) is 7.57. The standard InChI is InChI=1S/C21H25FN2O2/c1-13-10-14(2)12-16(11-13)20(26)24(21(4,5)6)23-19(25)17-9-7-8-15(3)18(17)22/h7-12H,1-6H3,(H,23,25). The van der Waals surface area contributed by atoms with E-state index in [2.05, 4.69) is 5.43 Å². The fourth-order valence-electron chi connectivity index (χ4n) is 2.73. The first-order chi connectivity index (χ1) is 12.0. The largest absolute Gasteiger partial charge is 0.272 e. The molecule has 0 aliphatic carbocycles. The summed E-state index contributed by atoms with van der Waals surface area (Å²) in [5.41, 5.74) is 4.57. The lowest BCUT2D eigenvalue weighted by molar-refractivity contribution is 0.0357. The van der Waals surface area contributed by atoms with Crippen molar-refractivity contribution in [3.63, 3.8) is 0 Å². The number of hydrogen-bond donors (Lipinski definition) is 1. The van der Waals surface area contributed by atoms with Gasteiger partial charge in [0, 0.05) is 5.56 Å². The van der Waals surface area contributed by atoms with E-state index in [1.165, 1.54) is 11.1 Å². The molecule has 138 valence electrons. The van der Waals surface area contributed by atoms with Gasteiger partial charge in [-0.25, -0.2) is 9.40 Å². The molecule has 5 heteroatoms. The molecule has 2 aromatic rings. The number of benzene rings is 2. The molecule has 0 unspecified atom stereocenters. The van der Waals surface area contributed by atoms with Gasteiger partial charge in [-0.1, -0.05) is 29.3 Å². The number of hydrazine groups is 1. The minimum absolute atomic E-state index is 0.0903. The van der Waals surface area contributed by atoms with Gasteiger partial charge in [-0.05, 0) is 65.3 Å². The first-order valence-electron chi connectivity index (χ1n) is 8.49. The Morgan fingerprint density at radius 3 is 2.12 bits per heavy atom. The number of nitrogens with zero attached hydrogens (tertiary/aromatic N) is 1. The van der Waals surface area contributed by atoms with Crippen molar-refractivity contribution in [1.82, 2.24) is 10.4 Å². The van der Waals surface area contributed by atoms with E-state index in [4.69, 9.17) is 0 Å². The number of halogens is 1. The average Bonchev–Trinajstić information content (AvgIpc) is 2.52. The molecule has 0 fully saturated rings. The van der Waals surface area contributed by atoms with Crippen molar-refractivity contribution >= 4 is 11.8 Å². The van der Waals surface area contributed by atoms with Crippen molar-refractivity contribution < 1.29 is 14.0 Å². The molecule has 0 heterocycles. The fourth-order valence-corrected chi connectivity index (χ4v) is 2.73. The number of hydrogen-bond acceptors (Lipinski definition) is 2. The van der Waals surface area contributed by atoms with Gasteiger partial charge in [0.2, 0.25) is 0 Å². The Hall–Kier alpha value is -2.69. The number of amides is 2. The Morgan fingerprint density at radius 1 is 1.00 bits per heavy atom. The molecule has 0 bridgehead atoms. The molecule has 0 saturated carbocycles. The van der Waals surface area contributed by atoms with Crippen LogP contribution in [0, 0.1) is 26.6 Å². The number of carbonyl (C=O) groups is 2. The predicted molar refractivity (Wildman–Crippen MR) is 100 cm³/mol. The quantitative estimate of drug-likeness (QED) is 0.814. The fraction of sp³-hybridized carbons (Fsp3) is 0.333. The van der Waals surface area contributed by atoms with Gasteiger partial charge in [0.05, 0.1) is 11.1 Å².